The van der Waals surface area contributed by atoms with Crippen LogP contribution in [0.3, 0.4) is 0 Å². The van der Waals surface area contributed by atoms with Crippen LogP contribution in [0, 0.1) is 0 Å². The fourth-order valence-electron chi connectivity index (χ4n) is 4.35. The number of pyridine rings is 1. The molecule has 4 rings (SSSR count). The number of aromatic nitrogens is 4. The van der Waals surface area contributed by atoms with E-state index in [4.69, 9.17) is 21.1 Å². The van der Waals surface area contributed by atoms with Crippen LogP contribution in [-0.4, -0.2) is 61.6 Å². The summed E-state index contributed by atoms with van der Waals surface area (Å²) in [5.74, 6) is 0.0510. The van der Waals surface area contributed by atoms with Crippen LogP contribution >= 0.6 is 22.9 Å². The van der Waals surface area contributed by atoms with Crippen LogP contribution in [0.25, 0.3) is 10.6 Å². The van der Waals surface area contributed by atoms with Gasteiger partial charge in [-0.05, 0) is 65.5 Å². The zero-order chi connectivity index (χ0) is 28.0. The van der Waals surface area contributed by atoms with E-state index in [1.807, 2.05) is 27.7 Å². The maximum Gasteiger partial charge on any atom is 0.410 e. The van der Waals surface area contributed by atoms with E-state index in [1.165, 1.54) is 17.5 Å². The lowest BCUT2D eigenvalue weighted by atomic mass is 9.94. The molecule has 10 nitrogen and oxygen atoms in total. The SMILES string of the molecule is CCOc1cncc(-c2cnc(C(=O)N[C@@H](C[C@@H]3CCCCN3C(=O)OC(C)(C)C)c3cc(Cl)ccn3)s2)n1. The van der Waals surface area contributed by atoms with Gasteiger partial charge >= 0.3 is 6.09 Å². The van der Waals surface area contributed by atoms with Crippen LogP contribution in [0.2, 0.25) is 5.02 Å². The summed E-state index contributed by atoms with van der Waals surface area (Å²) < 4.78 is 11.1. The lowest BCUT2D eigenvalue weighted by Crippen LogP contribution is -2.47. The average Bonchev–Trinajstić information content (AvgIpc) is 3.39. The van der Waals surface area contributed by atoms with E-state index < -0.39 is 11.6 Å². The zero-order valence-corrected chi connectivity index (χ0v) is 24.1. The Bertz CT molecular complexity index is 1300. The van der Waals surface area contributed by atoms with Crippen LogP contribution in [0.15, 0.2) is 36.9 Å². The Balaban J connectivity index is 1.55. The molecular formula is C27H33ClN6O4S. The number of nitrogens with zero attached hydrogens (tertiary/aromatic N) is 5. The highest BCUT2D eigenvalue weighted by Gasteiger charge is 2.33. The van der Waals surface area contributed by atoms with Crippen LogP contribution in [0.5, 0.6) is 5.88 Å². The van der Waals surface area contributed by atoms with Gasteiger partial charge in [-0.3, -0.25) is 14.8 Å². The minimum absolute atomic E-state index is 0.136. The summed E-state index contributed by atoms with van der Waals surface area (Å²) in [6.07, 6.45) is 9.12. The van der Waals surface area contributed by atoms with Crippen molar-refractivity contribution in [3.8, 4) is 16.5 Å². The van der Waals surface area contributed by atoms with Gasteiger partial charge in [0, 0.05) is 30.0 Å². The van der Waals surface area contributed by atoms with Crippen LogP contribution in [-0.2, 0) is 4.74 Å². The Labute approximate surface area is 237 Å². The predicted octanol–water partition coefficient (Wildman–Crippen LogP) is 5.70. The average molecular weight is 573 g/mol. The highest BCUT2D eigenvalue weighted by Crippen LogP contribution is 2.30. The van der Waals surface area contributed by atoms with Gasteiger partial charge < -0.3 is 19.7 Å². The van der Waals surface area contributed by atoms with Crippen LogP contribution < -0.4 is 10.1 Å². The van der Waals surface area contributed by atoms with Crippen molar-refractivity contribution >= 4 is 34.9 Å². The Hall–Kier alpha value is -3.31. The second kappa shape index (κ2) is 12.7. The van der Waals surface area contributed by atoms with Gasteiger partial charge in [0.15, 0.2) is 5.01 Å². The maximum atomic E-state index is 13.4. The number of rotatable bonds is 8. The van der Waals surface area contributed by atoms with E-state index in [1.54, 1.807) is 35.6 Å². The zero-order valence-electron chi connectivity index (χ0n) is 22.5. The molecule has 1 N–H and O–H groups in total. The highest BCUT2D eigenvalue weighted by atomic mass is 35.5. The number of hydrogen-bond acceptors (Lipinski definition) is 9. The Morgan fingerprint density at radius 2 is 2.05 bits per heavy atom. The summed E-state index contributed by atoms with van der Waals surface area (Å²) in [4.78, 5) is 46.2. The number of hydrogen-bond donors (Lipinski definition) is 1. The van der Waals surface area contributed by atoms with E-state index in [9.17, 15) is 9.59 Å². The molecule has 0 aliphatic carbocycles. The molecule has 4 heterocycles. The molecule has 208 valence electrons. The topological polar surface area (TPSA) is 119 Å². The molecule has 1 fully saturated rings. The minimum Gasteiger partial charge on any atom is -0.477 e. The molecule has 12 heteroatoms. The van der Waals surface area contributed by atoms with Gasteiger partial charge in [-0.15, -0.1) is 11.3 Å². The Kier molecular flexibility index (Phi) is 9.34. The molecule has 2 amide bonds. The molecule has 39 heavy (non-hydrogen) atoms. The van der Waals surface area contributed by atoms with E-state index >= 15 is 0 Å². The third kappa shape index (κ3) is 7.86. The van der Waals surface area contributed by atoms with E-state index in [0.29, 0.717) is 46.7 Å². The first-order valence-corrected chi connectivity index (χ1v) is 14.2. The predicted molar refractivity (Wildman–Crippen MR) is 149 cm³/mol. The number of likely N-dealkylation sites (tertiary alicyclic amines) is 1. The third-order valence-corrected chi connectivity index (χ3v) is 7.28. The monoisotopic (exact) mass is 572 g/mol. The van der Waals surface area contributed by atoms with Crippen molar-refractivity contribution in [2.75, 3.05) is 13.2 Å². The molecule has 0 bridgehead atoms. The molecule has 3 aromatic heterocycles. The molecule has 1 aliphatic rings. The number of carbonyl (C=O) groups excluding carboxylic acids is 2. The van der Waals surface area contributed by atoms with Crippen molar-refractivity contribution in [1.82, 2.24) is 30.2 Å². The van der Waals surface area contributed by atoms with Crippen molar-refractivity contribution in [2.45, 2.75) is 71.1 Å². The number of carbonyl (C=O) groups is 2. The van der Waals surface area contributed by atoms with Gasteiger partial charge in [-0.2, -0.15) is 0 Å². The fourth-order valence-corrected chi connectivity index (χ4v) is 5.29. The molecule has 2 atom stereocenters. The summed E-state index contributed by atoms with van der Waals surface area (Å²) >= 11 is 7.48. The molecule has 0 saturated carbocycles. The largest absolute Gasteiger partial charge is 0.477 e. The lowest BCUT2D eigenvalue weighted by molar-refractivity contribution is 0.00767. The van der Waals surface area contributed by atoms with Crippen molar-refractivity contribution < 1.29 is 19.1 Å². The summed E-state index contributed by atoms with van der Waals surface area (Å²) in [5.41, 5.74) is 0.578. The first-order valence-electron chi connectivity index (χ1n) is 13.0. The Morgan fingerprint density at radius 1 is 1.23 bits per heavy atom. The molecule has 0 spiro atoms. The molecule has 3 aromatic rings. The summed E-state index contributed by atoms with van der Waals surface area (Å²) in [6.45, 7) is 8.49. The van der Waals surface area contributed by atoms with E-state index in [2.05, 4.69) is 25.3 Å². The number of ether oxygens (including phenoxy) is 2. The molecular weight excluding hydrogens is 540 g/mol. The van der Waals surface area contributed by atoms with Gasteiger partial charge in [0.1, 0.15) is 11.3 Å². The van der Waals surface area contributed by atoms with Crippen LogP contribution in [0.4, 0.5) is 4.79 Å². The lowest BCUT2D eigenvalue weighted by Gasteiger charge is -2.38. The van der Waals surface area contributed by atoms with E-state index in [-0.39, 0.29) is 23.0 Å². The first kappa shape index (κ1) is 28.7. The number of piperidine rings is 1. The van der Waals surface area contributed by atoms with Crippen molar-refractivity contribution in [1.29, 1.82) is 0 Å². The standard InChI is InChI=1S/C27H33ClN6O4S/c1-5-37-23-16-29-14-21(32-23)22-15-31-25(39-22)24(35)33-20(19-12-17(28)9-10-30-19)13-18-8-6-7-11-34(18)26(36)38-27(2,3)4/h9-10,12,14-16,18,20H,5-8,11,13H2,1-4H3,(H,33,35)/t18-,20-/m0/s1. The first-order chi connectivity index (χ1) is 18.6. The third-order valence-electron chi connectivity index (χ3n) is 6.03. The quantitative estimate of drug-likeness (QED) is 0.365. The van der Waals surface area contributed by atoms with Crippen LogP contribution in [0.1, 0.15) is 74.9 Å². The van der Waals surface area contributed by atoms with E-state index in [0.717, 1.165) is 19.3 Å². The van der Waals surface area contributed by atoms with Gasteiger partial charge in [-0.25, -0.2) is 14.8 Å². The number of amides is 2. The van der Waals surface area contributed by atoms with Gasteiger partial charge in [0.2, 0.25) is 5.88 Å². The van der Waals surface area contributed by atoms with Crippen molar-refractivity contribution in [3.63, 3.8) is 0 Å². The fraction of sp³-hybridized carbons (Fsp3) is 0.481. The van der Waals surface area contributed by atoms with Gasteiger partial charge in [0.05, 0.1) is 35.6 Å². The summed E-state index contributed by atoms with van der Waals surface area (Å²) in [7, 11) is 0. The minimum atomic E-state index is -0.601. The Morgan fingerprint density at radius 3 is 2.79 bits per heavy atom. The van der Waals surface area contributed by atoms with Gasteiger partial charge in [-0.1, -0.05) is 11.6 Å². The molecule has 0 aromatic carbocycles. The number of halogens is 1. The van der Waals surface area contributed by atoms with Crippen molar-refractivity contribution in [3.05, 3.63) is 52.6 Å². The summed E-state index contributed by atoms with van der Waals surface area (Å²) in [5, 5.41) is 3.86. The maximum absolute atomic E-state index is 13.4. The molecule has 0 radical (unpaired) electrons. The molecule has 1 saturated heterocycles. The summed E-state index contributed by atoms with van der Waals surface area (Å²) in [6, 6.07) is 2.78. The molecule has 1 aliphatic heterocycles. The smallest absolute Gasteiger partial charge is 0.410 e. The number of thiazole rings is 1. The second-order valence-electron chi connectivity index (χ2n) is 10.2. The normalized spacial score (nSPS) is 16.4. The van der Waals surface area contributed by atoms with Gasteiger partial charge in [0.25, 0.3) is 5.91 Å². The van der Waals surface area contributed by atoms with Crippen molar-refractivity contribution in [2.24, 2.45) is 0 Å². The highest BCUT2D eigenvalue weighted by molar-refractivity contribution is 7.16. The molecule has 0 unspecified atom stereocenters. The second-order valence-corrected chi connectivity index (χ2v) is 11.7. The number of nitrogens with one attached hydrogen (secondary N) is 1.